The number of hydrogen-bond acceptors (Lipinski definition) is 3. The number of pyridine rings is 1. The number of nitrogens with zero attached hydrogens (tertiary/aromatic N) is 1. The van der Waals surface area contributed by atoms with Gasteiger partial charge < -0.3 is 10.6 Å². The lowest BCUT2D eigenvalue weighted by molar-refractivity contribution is 1.27. The Morgan fingerprint density at radius 3 is 2.41 bits per heavy atom. The quantitative estimate of drug-likeness (QED) is 0.842. The Morgan fingerprint density at radius 2 is 1.71 bits per heavy atom. The monoisotopic (exact) mass is 227 g/mol. The van der Waals surface area contributed by atoms with Crippen LogP contribution in [0.4, 0.5) is 17.3 Å². The van der Waals surface area contributed by atoms with E-state index in [4.69, 9.17) is 0 Å². The molecule has 2 rings (SSSR count). The first kappa shape index (κ1) is 11.5. The third-order valence-electron chi connectivity index (χ3n) is 2.78. The van der Waals surface area contributed by atoms with Crippen molar-refractivity contribution >= 4 is 17.3 Å². The summed E-state index contributed by atoms with van der Waals surface area (Å²) in [6.45, 7) is 4.22. The van der Waals surface area contributed by atoms with Gasteiger partial charge >= 0.3 is 0 Å². The van der Waals surface area contributed by atoms with Gasteiger partial charge in [-0.05, 0) is 49.2 Å². The highest BCUT2D eigenvalue weighted by Crippen LogP contribution is 2.19. The Hall–Kier alpha value is -2.03. The largest absolute Gasteiger partial charge is 0.373 e. The Balaban J connectivity index is 2.22. The third kappa shape index (κ3) is 2.75. The highest BCUT2D eigenvalue weighted by atomic mass is 15.0. The van der Waals surface area contributed by atoms with Crippen molar-refractivity contribution in [1.82, 2.24) is 4.98 Å². The molecule has 0 spiro atoms. The second-order valence-electron chi connectivity index (χ2n) is 4.08. The van der Waals surface area contributed by atoms with E-state index in [1.165, 1.54) is 11.1 Å². The van der Waals surface area contributed by atoms with Crippen molar-refractivity contribution in [3.8, 4) is 0 Å². The molecule has 2 aromatic rings. The van der Waals surface area contributed by atoms with Gasteiger partial charge in [0.25, 0.3) is 0 Å². The maximum Gasteiger partial charge on any atom is 0.132 e. The molecular formula is C14H17N3. The molecule has 0 aliphatic rings. The molecule has 2 N–H and O–H groups in total. The number of anilines is 3. The van der Waals surface area contributed by atoms with Crippen LogP contribution in [0.15, 0.2) is 36.4 Å². The second-order valence-corrected chi connectivity index (χ2v) is 4.08. The lowest BCUT2D eigenvalue weighted by Crippen LogP contribution is -1.97. The van der Waals surface area contributed by atoms with E-state index in [0.717, 1.165) is 17.3 Å². The predicted octanol–water partition coefficient (Wildman–Crippen LogP) is 3.48. The molecule has 1 heterocycles. The summed E-state index contributed by atoms with van der Waals surface area (Å²) in [7, 11) is 1.86. The van der Waals surface area contributed by atoms with Crippen LogP contribution in [0.1, 0.15) is 11.1 Å². The molecule has 0 saturated carbocycles. The zero-order valence-electron chi connectivity index (χ0n) is 10.4. The molecular weight excluding hydrogens is 210 g/mol. The Morgan fingerprint density at radius 1 is 0.941 bits per heavy atom. The van der Waals surface area contributed by atoms with Crippen LogP contribution >= 0.6 is 0 Å². The fourth-order valence-electron chi connectivity index (χ4n) is 1.61. The molecule has 17 heavy (non-hydrogen) atoms. The van der Waals surface area contributed by atoms with Crippen LogP contribution in [-0.2, 0) is 0 Å². The van der Waals surface area contributed by atoms with Crippen LogP contribution in [0.2, 0.25) is 0 Å². The SMILES string of the molecule is CNc1cccc(Nc2ccc(C)c(C)c2)n1. The third-order valence-corrected chi connectivity index (χ3v) is 2.78. The topological polar surface area (TPSA) is 37.0 Å². The highest BCUT2D eigenvalue weighted by molar-refractivity contribution is 5.59. The second kappa shape index (κ2) is 4.87. The first-order valence-corrected chi connectivity index (χ1v) is 5.68. The van der Waals surface area contributed by atoms with Gasteiger partial charge in [-0.15, -0.1) is 0 Å². The van der Waals surface area contributed by atoms with Gasteiger partial charge in [0, 0.05) is 12.7 Å². The lowest BCUT2D eigenvalue weighted by atomic mass is 10.1. The number of benzene rings is 1. The Kier molecular flexibility index (Phi) is 3.28. The molecule has 0 fully saturated rings. The van der Waals surface area contributed by atoms with Crippen molar-refractivity contribution in [2.75, 3.05) is 17.7 Å². The average molecular weight is 227 g/mol. The number of aryl methyl sites for hydroxylation is 2. The van der Waals surface area contributed by atoms with Gasteiger partial charge in [-0.2, -0.15) is 0 Å². The van der Waals surface area contributed by atoms with Crippen LogP contribution < -0.4 is 10.6 Å². The number of aromatic nitrogens is 1. The molecule has 3 heteroatoms. The molecule has 0 radical (unpaired) electrons. The summed E-state index contributed by atoms with van der Waals surface area (Å²) in [5.74, 6) is 1.71. The Labute approximate surface area is 102 Å². The van der Waals surface area contributed by atoms with E-state index in [1.54, 1.807) is 0 Å². The van der Waals surface area contributed by atoms with E-state index in [2.05, 4.69) is 47.7 Å². The molecule has 0 atom stereocenters. The maximum atomic E-state index is 4.42. The summed E-state index contributed by atoms with van der Waals surface area (Å²) < 4.78 is 0. The molecule has 0 aliphatic heterocycles. The molecule has 0 unspecified atom stereocenters. The van der Waals surface area contributed by atoms with Crippen LogP contribution in [0.25, 0.3) is 0 Å². The van der Waals surface area contributed by atoms with Gasteiger partial charge in [0.15, 0.2) is 0 Å². The van der Waals surface area contributed by atoms with Crippen LogP contribution in [0, 0.1) is 13.8 Å². The molecule has 0 amide bonds. The van der Waals surface area contributed by atoms with Gasteiger partial charge in [0.2, 0.25) is 0 Å². The van der Waals surface area contributed by atoms with Gasteiger partial charge in [0.1, 0.15) is 11.6 Å². The molecule has 0 saturated heterocycles. The minimum Gasteiger partial charge on any atom is -0.373 e. The van der Waals surface area contributed by atoms with Crippen LogP contribution in [0.5, 0.6) is 0 Å². The summed E-state index contributed by atoms with van der Waals surface area (Å²) in [5.41, 5.74) is 3.64. The zero-order valence-corrected chi connectivity index (χ0v) is 10.4. The number of rotatable bonds is 3. The van der Waals surface area contributed by atoms with Crippen molar-refractivity contribution in [2.24, 2.45) is 0 Å². The molecule has 0 bridgehead atoms. The van der Waals surface area contributed by atoms with Crippen molar-refractivity contribution in [1.29, 1.82) is 0 Å². The minimum absolute atomic E-state index is 0.847. The summed E-state index contributed by atoms with van der Waals surface area (Å²) in [6.07, 6.45) is 0. The van der Waals surface area contributed by atoms with E-state index in [1.807, 2.05) is 25.2 Å². The summed E-state index contributed by atoms with van der Waals surface area (Å²) in [4.78, 5) is 4.42. The van der Waals surface area contributed by atoms with Gasteiger partial charge in [0.05, 0.1) is 0 Å². The Bertz CT molecular complexity index is 521. The lowest BCUT2D eigenvalue weighted by Gasteiger charge is -2.09. The molecule has 1 aromatic carbocycles. The first-order chi connectivity index (χ1) is 8.19. The van der Waals surface area contributed by atoms with E-state index >= 15 is 0 Å². The molecule has 0 aliphatic carbocycles. The van der Waals surface area contributed by atoms with Crippen LogP contribution in [0.3, 0.4) is 0 Å². The highest BCUT2D eigenvalue weighted by Gasteiger charge is 1.99. The van der Waals surface area contributed by atoms with Crippen molar-refractivity contribution in [3.05, 3.63) is 47.5 Å². The van der Waals surface area contributed by atoms with Crippen LogP contribution in [-0.4, -0.2) is 12.0 Å². The van der Waals surface area contributed by atoms with E-state index in [9.17, 15) is 0 Å². The fourth-order valence-corrected chi connectivity index (χ4v) is 1.61. The average Bonchev–Trinajstić information content (AvgIpc) is 2.34. The summed E-state index contributed by atoms with van der Waals surface area (Å²) >= 11 is 0. The van der Waals surface area contributed by atoms with Crippen molar-refractivity contribution in [3.63, 3.8) is 0 Å². The van der Waals surface area contributed by atoms with E-state index in [0.29, 0.717) is 0 Å². The standard InChI is InChI=1S/C14H17N3/c1-10-7-8-12(9-11(10)2)16-14-6-4-5-13(15-3)17-14/h4-9H,1-3H3,(H2,15,16,17). The molecule has 1 aromatic heterocycles. The van der Waals surface area contributed by atoms with E-state index in [-0.39, 0.29) is 0 Å². The van der Waals surface area contributed by atoms with Gasteiger partial charge in [-0.3, -0.25) is 0 Å². The molecule has 88 valence electrons. The normalized spacial score (nSPS) is 10.1. The smallest absolute Gasteiger partial charge is 0.132 e. The van der Waals surface area contributed by atoms with Crippen molar-refractivity contribution in [2.45, 2.75) is 13.8 Å². The maximum absolute atomic E-state index is 4.42. The van der Waals surface area contributed by atoms with Crippen molar-refractivity contribution < 1.29 is 0 Å². The summed E-state index contributed by atoms with van der Waals surface area (Å²) in [6, 6.07) is 12.2. The van der Waals surface area contributed by atoms with Gasteiger partial charge in [-0.25, -0.2) is 4.98 Å². The number of nitrogens with one attached hydrogen (secondary N) is 2. The molecule has 3 nitrogen and oxygen atoms in total. The predicted molar refractivity (Wildman–Crippen MR) is 73.0 cm³/mol. The first-order valence-electron chi connectivity index (χ1n) is 5.68. The van der Waals surface area contributed by atoms with E-state index < -0.39 is 0 Å². The zero-order chi connectivity index (χ0) is 12.3. The summed E-state index contributed by atoms with van der Waals surface area (Å²) in [5, 5.41) is 6.32. The fraction of sp³-hybridized carbons (Fsp3) is 0.214. The minimum atomic E-state index is 0.847. The number of hydrogen-bond donors (Lipinski definition) is 2. The van der Waals surface area contributed by atoms with Gasteiger partial charge in [-0.1, -0.05) is 12.1 Å².